The van der Waals surface area contributed by atoms with Crippen LogP contribution in [0, 0.1) is 13.8 Å². The van der Waals surface area contributed by atoms with Gasteiger partial charge in [0.1, 0.15) is 0 Å². The molecule has 4 rings (SSSR count). The van der Waals surface area contributed by atoms with E-state index in [1.54, 1.807) is 0 Å². The molecular formula is C23H26N4OS. The molecule has 0 unspecified atom stereocenters. The molecule has 0 N–H and O–H groups in total. The number of aromatic nitrogens is 3. The first kappa shape index (κ1) is 19.9. The number of rotatable bonds is 7. The highest BCUT2D eigenvalue weighted by Crippen LogP contribution is 2.25. The van der Waals surface area contributed by atoms with E-state index in [0.29, 0.717) is 5.75 Å². The number of para-hydroxylation sites is 1. The number of Topliss-reactive ketones (excluding diaryl/α,β-unsaturated/α-hetero) is 1. The van der Waals surface area contributed by atoms with E-state index < -0.39 is 0 Å². The van der Waals surface area contributed by atoms with Crippen LogP contribution in [0.4, 0.5) is 0 Å². The maximum atomic E-state index is 12.8. The van der Waals surface area contributed by atoms with Crippen LogP contribution in [0.2, 0.25) is 0 Å². The Morgan fingerprint density at radius 3 is 2.55 bits per heavy atom. The third kappa shape index (κ3) is 4.60. The van der Waals surface area contributed by atoms with Gasteiger partial charge in [0.2, 0.25) is 0 Å². The molecule has 1 aliphatic heterocycles. The number of ketones is 1. The highest BCUT2D eigenvalue weighted by Gasteiger charge is 2.20. The molecule has 5 nitrogen and oxygen atoms in total. The van der Waals surface area contributed by atoms with E-state index in [-0.39, 0.29) is 5.78 Å². The van der Waals surface area contributed by atoms with Gasteiger partial charge in [0, 0.05) is 11.3 Å². The van der Waals surface area contributed by atoms with Gasteiger partial charge in [-0.2, -0.15) is 0 Å². The van der Waals surface area contributed by atoms with Gasteiger partial charge in [0.15, 0.2) is 16.8 Å². The minimum Gasteiger partial charge on any atom is -0.296 e. The summed E-state index contributed by atoms with van der Waals surface area (Å²) in [6, 6.07) is 16.2. The lowest BCUT2D eigenvalue weighted by Crippen LogP contribution is -2.21. The van der Waals surface area contributed by atoms with E-state index in [2.05, 4.69) is 31.8 Å². The predicted molar refractivity (Wildman–Crippen MR) is 117 cm³/mol. The number of hydrogen-bond acceptors (Lipinski definition) is 5. The second-order valence-corrected chi connectivity index (χ2v) is 8.53. The van der Waals surface area contributed by atoms with Gasteiger partial charge < -0.3 is 0 Å². The lowest BCUT2D eigenvalue weighted by molar-refractivity contribution is 0.102. The first-order valence-electron chi connectivity index (χ1n) is 10.1. The Bertz CT molecular complexity index is 993. The molecule has 0 saturated carbocycles. The molecule has 6 heteroatoms. The minimum atomic E-state index is 0.125. The molecule has 1 aliphatic rings. The van der Waals surface area contributed by atoms with E-state index in [4.69, 9.17) is 0 Å². The standard InChI is InChI=1S/C23H26N4OS/c1-17-10-11-18(2)20(14-17)21(28)16-29-23-25-24-22(15-26-12-6-7-13-26)27(23)19-8-4-3-5-9-19/h3-5,8-11,14H,6-7,12-13,15-16H2,1-2H3. The lowest BCUT2D eigenvalue weighted by Gasteiger charge is -2.16. The van der Waals surface area contributed by atoms with Gasteiger partial charge in [-0.15, -0.1) is 10.2 Å². The molecule has 1 saturated heterocycles. The summed E-state index contributed by atoms with van der Waals surface area (Å²) in [5, 5.41) is 9.68. The van der Waals surface area contributed by atoms with Crippen molar-refractivity contribution in [3.8, 4) is 5.69 Å². The fourth-order valence-electron chi connectivity index (χ4n) is 3.72. The molecule has 0 amide bonds. The Morgan fingerprint density at radius 1 is 1.03 bits per heavy atom. The molecule has 0 aliphatic carbocycles. The Kier molecular flexibility index (Phi) is 6.11. The quantitative estimate of drug-likeness (QED) is 0.428. The maximum absolute atomic E-state index is 12.8. The SMILES string of the molecule is Cc1ccc(C)c(C(=O)CSc2nnc(CN3CCCC3)n2-c2ccccc2)c1. The summed E-state index contributed by atoms with van der Waals surface area (Å²) >= 11 is 1.46. The Hall–Kier alpha value is -2.44. The zero-order valence-electron chi connectivity index (χ0n) is 17.0. The van der Waals surface area contributed by atoms with E-state index in [0.717, 1.165) is 53.0 Å². The Morgan fingerprint density at radius 2 is 1.79 bits per heavy atom. The molecule has 0 radical (unpaired) electrons. The Labute approximate surface area is 176 Å². The largest absolute Gasteiger partial charge is 0.296 e. The van der Waals surface area contributed by atoms with Crippen LogP contribution in [0.1, 0.15) is 40.2 Å². The zero-order chi connectivity index (χ0) is 20.2. The van der Waals surface area contributed by atoms with Crippen molar-refractivity contribution in [3.63, 3.8) is 0 Å². The fraction of sp³-hybridized carbons (Fsp3) is 0.348. The van der Waals surface area contributed by atoms with Crippen molar-refractivity contribution in [2.24, 2.45) is 0 Å². The fourth-order valence-corrected chi connectivity index (χ4v) is 4.57. The number of carbonyl (C=O) groups excluding carboxylic acids is 1. The second-order valence-electron chi connectivity index (χ2n) is 7.58. The van der Waals surface area contributed by atoms with Crippen LogP contribution >= 0.6 is 11.8 Å². The van der Waals surface area contributed by atoms with Crippen molar-refractivity contribution in [2.75, 3.05) is 18.8 Å². The third-order valence-electron chi connectivity index (χ3n) is 5.30. The summed E-state index contributed by atoms with van der Waals surface area (Å²) in [7, 11) is 0. The van der Waals surface area contributed by atoms with Gasteiger partial charge in [-0.3, -0.25) is 14.3 Å². The zero-order valence-corrected chi connectivity index (χ0v) is 17.8. The number of nitrogens with zero attached hydrogens (tertiary/aromatic N) is 4. The molecule has 0 bridgehead atoms. The van der Waals surface area contributed by atoms with E-state index in [1.165, 1.54) is 24.6 Å². The highest BCUT2D eigenvalue weighted by atomic mass is 32.2. The van der Waals surface area contributed by atoms with Crippen LogP contribution in [0.3, 0.4) is 0 Å². The number of likely N-dealkylation sites (tertiary alicyclic amines) is 1. The average Bonchev–Trinajstić information content (AvgIpc) is 3.39. The summed E-state index contributed by atoms with van der Waals surface area (Å²) in [4.78, 5) is 15.3. The van der Waals surface area contributed by atoms with Crippen molar-refractivity contribution in [2.45, 2.75) is 38.4 Å². The third-order valence-corrected chi connectivity index (χ3v) is 6.23. The lowest BCUT2D eigenvalue weighted by atomic mass is 10.0. The number of benzene rings is 2. The molecule has 29 heavy (non-hydrogen) atoms. The minimum absolute atomic E-state index is 0.125. The molecule has 150 valence electrons. The summed E-state index contributed by atoms with van der Waals surface area (Å²) in [5.41, 5.74) is 3.94. The second kappa shape index (κ2) is 8.93. The Balaban J connectivity index is 1.57. The summed E-state index contributed by atoms with van der Waals surface area (Å²) in [5.74, 6) is 1.40. The molecule has 0 atom stereocenters. The van der Waals surface area contributed by atoms with Crippen LogP contribution in [-0.4, -0.2) is 44.3 Å². The van der Waals surface area contributed by atoms with E-state index >= 15 is 0 Å². The molecule has 1 fully saturated rings. The molecule has 2 aromatic carbocycles. The first-order chi connectivity index (χ1) is 14.1. The van der Waals surface area contributed by atoms with Crippen molar-refractivity contribution >= 4 is 17.5 Å². The molecule has 1 aromatic heterocycles. The van der Waals surface area contributed by atoms with Gasteiger partial charge in [0.25, 0.3) is 0 Å². The first-order valence-corrected chi connectivity index (χ1v) is 11.1. The van der Waals surface area contributed by atoms with Crippen LogP contribution in [0.25, 0.3) is 5.69 Å². The average molecular weight is 407 g/mol. The van der Waals surface area contributed by atoms with Crippen LogP contribution < -0.4 is 0 Å². The highest BCUT2D eigenvalue weighted by molar-refractivity contribution is 7.99. The van der Waals surface area contributed by atoms with Crippen molar-refractivity contribution in [1.29, 1.82) is 0 Å². The number of hydrogen-bond donors (Lipinski definition) is 0. The van der Waals surface area contributed by atoms with Crippen molar-refractivity contribution in [1.82, 2.24) is 19.7 Å². The predicted octanol–water partition coefficient (Wildman–Crippen LogP) is 4.45. The van der Waals surface area contributed by atoms with E-state index in [9.17, 15) is 4.79 Å². The summed E-state index contributed by atoms with van der Waals surface area (Å²) in [6.45, 7) is 7.00. The molecule has 3 aromatic rings. The number of carbonyl (C=O) groups is 1. The topological polar surface area (TPSA) is 51.0 Å². The smallest absolute Gasteiger partial charge is 0.196 e. The normalized spacial score (nSPS) is 14.4. The van der Waals surface area contributed by atoms with Gasteiger partial charge in [-0.05, 0) is 63.5 Å². The molecule has 2 heterocycles. The van der Waals surface area contributed by atoms with E-state index in [1.807, 2.05) is 50.2 Å². The van der Waals surface area contributed by atoms with Crippen LogP contribution in [0.15, 0.2) is 53.7 Å². The molecule has 0 spiro atoms. The molecular weight excluding hydrogens is 380 g/mol. The van der Waals surface area contributed by atoms with Gasteiger partial charge in [0.05, 0.1) is 12.3 Å². The number of thioether (sulfide) groups is 1. The van der Waals surface area contributed by atoms with Crippen LogP contribution in [-0.2, 0) is 6.54 Å². The van der Waals surface area contributed by atoms with Crippen LogP contribution in [0.5, 0.6) is 0 Å². The summed E-state index contributed by atoms with van der Waals surface area (Å²) in [6.07, 6.45) is 2.48. The van der Waals surface area contributed by atoms with Gasteiger partial charge in [-0.25, -0.2) is 0 Å². The maximum Gasteiger partial charge on any atom is 0.196 e. The summed E-state index contributed by atoms with van der Waals surface area (Å²) < 4.78 is 2.10. The van der Waals surface area contributed by atoms with Gasteiger partial charge in [-0.1, -0.05) is 47.7 Å². The monoisotopic (exact) mass is 406 g/mol. The number of aryl methyl sites for hydroxylation is 2. The van der Waals surface area contributed by atoms with Gasteiger partial charge >= 0.3 is 0 Å². The van der Waals surface area contributed by atoms with Crippen molar-refractivity contribution in [3.05, 3.63) is 71.0 Å². The van der Waals surface area contributed by atoms with Crippen molar-refractivity contribution < 1.29 is 4.79 Å².